The van der Waals surface area contributed by atoms with Crippen LogP contribution in [0.3, 0.4) is 0 Å². The minimum atomic E-state index is 0.121. The van der Waals surface area contributed by atoms with Crippen molar-refractivity contribution in [3.63, 3.8) is 0 Å². The largest absolute Gasteiger partial charge is 0.392 e. The average molecular weight is 223 g/mol. The van der Waals surface area contributed by atoms with Crippen molar-refractivity contribution in [3.05, 3.63) is 29.8 Å². The molecule has 1 aliphatic heterocycles. The highest BCUT2D eigenvalue weighted by Gasteiger charge is 2.23. The van der Waals surface area contributed by atoms with Crippen LogP contribution < -0.4 is 5.32 Å². The summed E-state index contributed by atoms with van der Waals surface area (Å²) < 4.78 is 0. The monoisotopic (exact) mass is 223 g/mol. The number of benzene rings is 1. The molecule has 0 bridgehead atoms. The predicted molar refractivity (Wildman–Crippen MR) is 66.3 cm³/mol. The summed E-state index contributed by atoms with van der Waals surface area (Å²) in [6.07, 6.45) is 1.24. The van der Waals surface area contributed by atoms with Crippen LogP contribution >= 0.6 is 11.8 Å². The van der Waals surface area contributed by atoms with Crippen molar-refractivity contribution in [3.8, 4) is 0 Å². The van der Waals surface area contributed by atoms with Gasteiger partial charge in [0.2, 0.25) is 0 Å². The van der Waals surface area contributed by atoms with Crippen LogP contribution in [0.1, 0.15) is 18.9 Å². The van der Waals surface area contributed by atoms with Crippen LogP contribution in [0.15, 0.2) is 24.3 Å². The maximum Gasteiger partial charge on any atom is 0.0681 e. The fraction of sp³-hybridized carbons (Fsp3) is 0.500. The lowest BCUT2D eigenvalue weighted by Gasteiger charge is -2.17. The van der Waals surface area contributed by atoms with Crippen LogP contribution in [0.4, 0.5) is 5.69 Å². The van der Waals surface area contributed by atoms with Gasteiger partial charge in [-0.2, -0.15) is 11.8 Å². The third-order valence-corrected chi connectivity index (χ3v) is 4.19. The maximum atomic E-state index is 8.93. The first-order valence-corrected chi connectivity index (χ1v) is 6.42. The Labute approximate surface area is 95.1 Å². The molecule has 0 saturated carbocycles. The van der Waals surface area contributed by atoms with E-state index >= 15 is 0 Å². The molecular formula is C12H17NOS. The van der Waals surface area contributed by atoms with Gasteiger partial charge in [-0.15, -0.1) is 0 Å². The molecule has 1 aromatic carbocycles. The lowest BCUT2D eigenvalue weighted by Crippen LogP contribution is -2.24. The number of aliphatic hydroxyl groups excluding tert-OH is 1. The third kappa shape index (κ3) is 2.67. The third-order valence-electron chi connectivity index (χ3n) is 2.86. The zero-order valence-corrected chi connectivity index (χ0v) is 9.76. The molecule has 2 atom stereocenters. The molecule has 2 nitrogen and oxygen atoms in total. The van der Waals surface area contributed by atoms with E-state index in [4.69, 9.17) is 5.11 Å². The summed E-state index contributed by atoms with van der Waals surface area (Å²) in [5, 5.41) is 13.2. The van der Waals surface area contributed by atoms with Gasteiger partial charge in [0, 0.05) is 17.0 Å². The van der Waals surface area contributed by atoms with Gasteiger partial charge in [0.15, 0.2) is 0 Å². The van der Waals surface area contributed by atoms with Crippen LogP contribution in [0.2, 0.25) is 0 Å². The Morgan fingerprint density at radius 2 is 2.13 bits per heavy atom. The standard InChI is InChI=1S/C12H17NOS/c1-9-12(6-7-15-9)13-11-4-2-10(8-14)3-5-11/h2-5,9,12-14H,6-8H2,1H3. The molecule has 15 heavy (non-hydrogen) atoms. The van der Waals surface area contributed by atoms with E-state index in [0.717, 1.165) is 11.3 Å². The van der Waals surface area contributed by atoms with E-state index in [0.29, 0.717) is 11.3 Å². The van der Waals surface area contributed by atoms with Crippen LogP contribution in [-0.4, -0.2) is 22.2 Å². The average Bonchev–Trinajstić information content (AvgIpc) is 2.66. The lowest BCUT2D eigenvalue weighted by molar-refractivity contribution is 0.282. The van der Waals surface area contributed by atoms with E-state index in [1.54, 1.807) is 0 Å². The molecule has 82 valence electrons. The van der Waals surface area contributed by atoms with Crippen molar-refractivity contribution in [2.75, 3.05) is 11.1 Å². The van der Waals surface area contributed by atoms with E-state index in [-0.39, 0.29) is 6.61 Å². The zero-order valence-electron chi connectivity index (χ0n) is 8.94. The smallest absolute Gasteiger partial charge is 0.0681 e. The van der Waals surface area contributed by atoms with Crippen LogP contribution in [0, 0.1) is 0 Å². The Hall–Kier alpha value is -0.670. The maximum absolute atomic E-state index is 8.93. The molecule has 1 saturated heterocycles. The second-order valence-electron chi connectivity index (χ2n) is 3.97. The second kappa shape index (κ2) is 4.90. The Morgan fingerprint density at radius 1 is 1.40 bits per heavy atom. The van der Waals surface area contributed by atoms with Gasteiger partial charge < -0.3 is 10.4 Å². The normalized spacial score (nSPS) is 25.5. The van der Waals surface area contributed by atoms with Crippen molar-refractivity contribution < 1.29 is 5.11 Å². The molecule has 3 heteroatoms. The van der Waals surface area contributed by atoms with Gasteiger partial charge >= 0.3 is 0 Å². The Balaban J connectivity index is 1.98. The Morgan fingerprint density at radius 3 is 2.67 bits per heavy atom. The predicted octanol–water partition coefficient (Wildman–Crippen LogP) is 2.48. The van der Waals surface area contributed by atoms with Gasteiger partial charge in [-0.1, -0.05) is 19.1 Å². The quantitative estimate of drug-likeness (QED) is 0.825. The van der Waals surface area contributed by atoms with E-state index in [1.807, 2.05) is 36.0 Å². The number of rotatable bonds is 3. The fourth-order valence-corrected chi connectivity index (χ4v) is 3.04. The van der Waals surface area contributed by atoms with Crippen LogP contribution in [-0.2, 0) is 6.61 Å². The first-order chi connectivity index (χ1) is 7.29. The summed E-state index contributed by atoms with van der Waals surface area (Å²) in [6.45, 7) is 2.40. The highest BCUT2D eigenvalue weighted by molar-refractivity contribution is 8.00. The molecule has 1 aliphatic rings. The van der Waals surface area contributed by atoms with E-state index < -0.39 is 0 Å². The highest BCUT2D eigenvalue weighted by Crippen LogP contribution is 2.28. The SMILES string of the molecule is CC1SCCC1Nc1ccc(CO)cc1. The van der Waals surface area contributed by atoms with Gasteiger partial charge in [-0.25, -0.2) is 0 Å². The molecule has 2 unspecified atom stereocenters. The van der Waals surface area contributed by atoms with Gasteiger partial charge in [-0.3, -0.25) is 0 Å². The summed E-state index contributed by atoms with van der Waals surface area (Å²) in [4.78, 5) is 0. The molecule has 0 amide bonds. The van der Waals surface area contributed by atoms with Gasteiger partial charge in [0.1, 0.15) is 0 Å². The molecule has 1 aromatic rings. The highest BCUT2D eigenvalue weighted by atomic mass is 32.2. The first kappa shape index (κ1) is 10.8. The molecule has 1 heterocycles. The Bertz CT molecular complexity index is 312. The number of hydrogen-bond acceptors (Lipinski definition) is 3. The summed E-state index contributed by atoms with van der Waals surface area (Å²) in [7, 11) is 0. The van der Waals surface area contributed by atoms with Crippen molar-refractivity contribution in [2.24, 2.45) is 0 Å². The van der Waals surface area contributed by atoms with Crippen molar-refractivity contribution >= 4 is 17.4 Å². The number of anilines is 1. The van der Waals surface area contributed by atoms with E-state index in [1.165, 1.54) is 12.2 Å². The summed E-state index contributed by atoms with van der Waals surface area (Å²) >= 11 is 2.03. The summed E-state index contributed by atoms with van der Waals surface area (Å²) in [5.74, 6) is 1.26. The molecule has 0 aliphatic carbocycles. The van der Waals surface area contributed by atoms with E-state index in [2.05, 4.69) is 12.2 Å². The topological polar surface area (TPSA) is 32.3 Å². The molecule has 0 spiro atoms. The minimum absolute atomic E-state index is 0.121. The molecule has 2 rings (SSSR count). The van der Waals surface area contributed by atoms with Gasteiger partial charge in [0.05, 0.1) is 6.61 Å². The summed E-state index contributed by atoms with van der Waals surface area (Å²) in [5.41, 5.74) is 2.13. The summed E-state index contributed by atoms with van der Waals surface area (Å²) in [6, 6.07) is 8.61. The minimum Gasteiger partial charge on any atom is -0.392 e. The molecule has 0 aromatic heterocycles. The molecular weight excluding hydrogens is 206 g/mol. The van der Waals surface area contributed by atoms with Crippen LogP contribution in [0.5, 0.6) is 0 Å². The van der Waals surface area contributed by atoms with Crippen molar-refractivity contribution in [2.45, 2.75) is 31.2 Å². The Kier molecular flexibility index (Phi) is 3.54. The number of nitrogens with one attached hydrogen (secondary N) is 1. The van der Waals surface area contributed by atoms with Crippen LogP contribution in [0.25, 0.3) is 0 Å². The number of aliphatic hydroxyl groups is 1. The van der Waals surface area contributed by atoms with E-state index in [9.17, 15) is 0 Å². The molecule has 0 radical (unpaired) electrons. The molecule has 2 N–H and O–H groups in total. The van der Waals surface area contributed by atoms with Crippen molar-refractivity contribution in [1.29, 1.82) is 0 Å². The fourth-order valence-electron chi connectivity index (χ4n) is 1.84. The number of hydrogen-bond donors (Lipinski definition) is 2. The van der Waals surface area contributed by atoms with Gasteiger partial charge in [-0.05, 0) is 29.9 Å². The zero-order chi connectivity index (χ0) is 10.7. The number of thioether (sulfide) groups is 1. The first-order valence-electron chi connectivity index (χ1n) is 5.37. The lowest BCUT2D eigenvalue weighted by atomic mass is 10.1. The van der Waals surface area contributed by atoms with Gasteiger partial charge in [0.25, 0.3) is 0 Å². The second-order valence-corrected chi connectivity index (χ2v) is 5.46. The molecule has 1 fully saturated rings. The van der Waals surface area contributed by atoms with Crippen molar-refractivity contribution in [1.82, 2.24) is 0 Å².